The Balaban J connectivity index is 3.88. The van der Waals surface area contributed by atoms with Gasteiger partial charge in [0.25, 0.3) is 0 Å². The van der Waals surface area contributed by atoms with Crippen LogP contribution in [0, 0.1) is 0 Å². The zero-order chi connectivity index (χ0) is 11.7. The maximum atomic E-state index is 11.4. The molecular formula is C10H18N2O3. The number of hydrogen-bond donors (Lipinski definition) is 2. The molecular weight excluding hydrogens is 196 g/mol. The first-order valence-corrected chi connectivity index (χ1v) is 4.97. The number of carbonyl (C=O) groups excluding carboxylic acids is 1. The summed E-state index contributed by atoms with van der Waals surface area (Å²) in [4.78, 5) is 23.1. The largest absolute Gasteiger partial charge is 0.480 e. The van der Waals surface area contributed by atoms with Crippen molar-refractivity contribution in [3.63, 3.8) is 0 Å². The minimum Gasteiger partial charge on any atom is -0.480 e. The minimum absolute atomic E-state index is 0.258. The zero-order valence-electron chi connectivity index (χ0n) is 9.19. The molecule has 0 aromatic rings. The van der Waals surface area contributed by atoms with Crippen LogP contribution in [0.15, 0.2) is 12.2 Å². The third-order valence-corrected chi connectivity index (χ3v) is 1.82. The van der Waals surface area contributed by atoms with Crippen molar-refractivity contribution < 1.29 is 14.7 Å². The number of likely N-dealkylation sites (N-methyl/N-ethyl adjacent to an activating group) is 1. The first-order chi connectivity index (χ1) is 7.11. The number of allylic oxidation sites excluding steroid dienone is 1. The summed E-state index contributed by atoms with van der Waals surface area (Å²) in [6.45, 7) is 4.31. The number of urea groups is 1. The molecule has 2 N–H and O–H groups in total. The van der Waals surface area contributed by atoms with E-state index in [2.05, 4.69) is 5.32 Å². The molecule has 0 unspecified atom stereocenters. The molecule has 0 aliphatic heterocycles. The van der Waals surface area contributed by atoms with E-state index in [1.165, 1.54) is 4.90 Å². The maximum absolute atomic E-state index is 11.4. The third-order valence-electron chi connectivity index (χ3n) is 1.82. The van der Waals surface area contributed by atoms with Crippen molar-refractivity contribution in [1.29, 1.82) is 0 Å². The van der Waals surface area contributed by atoms with Crippen molar-refractivity contribution in [2.45, 2.75) is 20.3 Å². The third kappa shape index (κ3) is 6.54. The van der Waals surface area contributed by atoms with Gasteiger partial charge >= 0.3 is 12.0 Å². The molecule has 0 atom stereocenters. The normalized spacial score (nSPS) is 10.3. The van der Waals surface area contributed by atoms with Crippen LogP contribution in [-0.4, -0.2) is 41.6 Å². The zero-order valence-corrected chi connectivity index (χ0v) is 9.19. The fourth-order valence-corrected chi connectivity index (χ4v) is 1.03. The lowest BCUT2D eigenvalue weighted by Crippen LogP contribution is -2.42. The molecule has 0 aromatic carbocycles. The van der Waals surface area contributed by atoms with E-state index < -0.39 is 5.97 Å². The van der Waals surface area contributed by atoms with Crippen LogP contribution >= 0.6 is 0 Å². The summed E-state index contributed by atoms with van der Waals surface area (Å²) in [6.07, 6.45) is 4.60. The fraction of sp³-hybridized carbons (Fsp3) is 0.600. The van der Waals surface area contributed by atoms with Gasteiger partial charge < -0.3 is 15.3 Å². The van der Waals surface area contributed by atoms with Crippen LogP contribution in [0.4, 0.5) is 4.79 Å². The van der Waals surface area contributed by atoms with Gasteiger partial charge in [-0.3, -0.25) is 4.79 Å². The molecule has 86 valence electrons. The van der Waals surface area contributed by atoms with E-state index in [-0.39, 0.29) is 12.6 Å². The Morgan fingerprint density at radius 3 is 2.60 bits per heavy atom. The number of amides is 2. The van der Waals surface area contributed by atoms with E-state index in [0.29, 0.717) is 13.1 Å². The summed E-state index contributed by atoms with van der Waals surface area (Å²) >= 11 is 0. The van der Waals surface area contributed by atoms with Crippen LogP contribution < -0.4 is 5.32 Å². The van der Waals surface area contributed by atoms with E-state index in [1.54, 1.807) is 6.92 Å². The highest BCUT2D eigenvalue weighted by atomic mass is 16.4. The average Bonchev–Trinajstić information content (AvgIpc) is 2.20. The summed E-state index contributed by atoms with van der Waals surface area (Å²) in [5.41, 5.74) is 0. The lowest BCUT2D eigenvalue weighted by atomic mass is 10.4. The molecule has 0 bridgehead atoms. The molecule has 0 heterocycles. The molecule has 0 rings (SSSR count). The molecule has 0 aliphatic carbocycles. The molecule has 0 fully saturated rings. The highest BCUT2D eigenvalue weighted by molar-refractivity contribution is 5.79. The second-order valence-electron chi connectivity index (χ2n) is 3.00. The molecule has 2 amide bonds. The van der Waals surface area contributed by atoms with E-state index in [1.807, 2.05) is 19.1 Å². The first-order valence-electron chi connectivity index (χ1n) is 4.97. The SMILES string of the molecule is C/C=C/CCNC(=O)N(CC)CC(=O)O. The van der Waals surface area contributed by atoms with Crippen molar-refractivity contribution in [2.24, 2.45) is 0 Å². The Kier molecular flexibility index (Phi) is 7.05. The summed E-state index contributed by atoms with van der Waals surface area (Å²) in [7, 11) is 0. The number of nitrogens with zero attached hydrogens (tertiary/aromatic N) is 1. The Bertz CT molecular complexity index is 239. The van der Waals surface area contributed by atoms with Gasteiger partial charge in [-0.05, 0) is 20.3 Å². The Hall–Kier alpha value is -1.52. The monoisotopic (exact) mass is 214 g/mol. The van der Waals surface area contributed by atoms with Gasteiger partial charge in [0.05, 0.1) is 0 Å². The first kappa shape index (κ1) is 13.5. The van der Waals surface area contributed by atoms with Crippen LogP contribution in [0.3, 0.4) is 0 Å². The van der Waals surface area contributed by atoms with Gasteiger partial charge in [0, 0.05) is 13.1 Å². The lowest BCUT2D eigenvalue weighted by molar-refractivity contribution is -0.137. The lowest BCUT2D eigenvalue weighted by Gasteiger charge is -2.18. The summed E-state index contributed by atoms with van der Waals surface area (Å²) in [5, 5.41) is 11.2. The van der Waals surface area contributed by atoms with Gasteiger partial charge in [-0.25, -0.2) is 4.79 Å². The number of nitrogens with one attached hydrogen (secondary N) is 1. The maximum Gasteiger partial charge on any atom is 0.323 e. The Morgan fingerprint density at radius 2 is 2.13 bits per heavy atom. The van der Waals surface area contributed by atoms with Crippen LogP contribution in [0.1, 0.15) is 20.3 Å². The van der Waals surface area contributed by atoms with Gasteiger partial charge in [0.2, 0.25) is 0 Å². The van der Waals surface area contributed by atoms with Crippen molar-refractivity contribution in [1.82, 2.24) is 10.2 Å². The number of carbonyl (C=O) groups is 2. The van der Waals surface area contributed by atoms with Crippen molar-refractivity contribution in [2.75, 3.05) is 19.6 Å². The van der Waals surface area contributed by atoms with Crippen LogP contribution in [0.2, 0.25) is 0 Å². The molecule has 0 saturated heterocycles. The van der Waals surface area contributed by atoms with Gasteiger partial charge in [-0.15, -0.1) is 0 Å². The molecule has 0 spiro atoms. The van der Waals surface area contributed by atoms with Gasteiger partial charge in [-0.2, -0.15) is 0 Å². The second-order valence-corrected chi connectivity index (χ2v) is 3.00. The Labute approximate surface area is 89.8 Å². The molecule has 0 radical (unpaired) electrons. The second kappa shape index (κ2) is 7.84. The van der Waals surface area contributed by atoms with Gasteiger partial charge in [-0.1, -0.05) is 12.2 Å². The van der Waals surface area contributed by atoms with Crippen molar-refractivity contribution in [3.05, 3.63) is 12.2 Å². The van der Waals surface area contributed by atoms with Crippen LogP contribution in [0.5, 0.6) is 0 Å². The topological polar surface area (TPSA) is 69.6 Å². The van der Waals surface area contributed by atoms with Crippen LogP contribution in [-0.2, 0) is 4.79 Å². The predicted molar refractivity (Wildman–Crippen MR) is 57.7 cm³/mol. The summed E-state index contributed by atoms with van der Waals surface area (Å²) < 4.78 is 0. The average molecular weight is 214 g/mol. The molecule has 5 heteroatoms. The van der Waals surface area contributed by atoms with Crippen molar-refractivity contribution >= 4 is 12.0 Å². The van der Waals surface area contributed by atoms with E-state index >= 15 is 0 Å². The quantitative estimate of drug-likeness (QED) is 0.513. The number of hydrogen-bond acceptors (Lipinski definition) is 2. The van der Waals surface area contributed by atoms with Crippen LogP contribution in [0.25, 0.3) is 0 Å². The highest BCUT2D eigenvalue weighted by Gasteiger charge is 2.13. The number of carboxylic acids is 1. The molecule has 0 saturated carbocycles. The molecule has 15 heavy (non-hydrogen) atoms. The van der Waals surface area contributed by atoms with Crippen molar-refractivity contribution in [3.8, 4) is 0 Å². The smallest absolute Gasteiger partial charge is 0.323 e. The molecule has 0 aliphatic rings. The predicted octanol–water partition coefficient (Wildman–Crippen LogP) is 1.07. The standard InChI is InChI=1S/C10H18N2O3/c1-3-5-6-7-11-10(15)12(4-2)8-9(13)14/h3,5H,4,6-8H2,1-2H3,(H,11,15)(H,13,14)/b5-3+. The van der Waals surface area contributed by atoms with E-state index in [4.69, 9.17) is 5.11 Å². The fourth-order valence-electron chi connectivity index (χ4n) is 1.03. The number of carboxylic acid groups (broad SMARTS) is 1. The number of aliphatic carboxylic acids is 1. The van der Waals surface area contributed by atoms with E-state index in [9.17, 15) is 9.59 Å². The molecule has 0 aromatic heterocycles. The highest BCUT2D eigenvalue weighted by Crippen LogP contribution is 1.89. The van der Waals surface area contributed by atoms with E-state index in [0.717, 1.165) is 6.42 Å². The number of rotatable bonds is 6. The van der Waals surface area contributed by atoms with Gasteiger partial charge in [0.1, 0.15) is 6.54 Å². The van der Waals surface area contributed by atoms with Gasteiger partial charge in [0.15, 0.2) is 0 Å². The molecule has 5 nitrogen and oxygen atoms in total. The minimum atomic E-state index is -1.000. The summed E-state index contributed by atoms with van der Waals surface area (Å²) in [6, 6.07) is -0.329. The summed E-state index contributed by atoms with van der Waals surface area (Å²) in [5.74, 6) is -1.000. The Morgan fingerprint density at radius 1 is 1.47 bits per heavy atom.